The number of carbonyl (C=O) groups excluding carboxylic acids is 2. The maximum absolute atomic E-state index is 12.5. The number of hydrogen-bond donors (Lipinski definition) is 3. The van der Waals surface area contributed by atoms with E-state index in [0.29, 0.717) is 25.9 Å². The molecule has 3 N–H and O–H groups in total. The molecular weight excluding hydrogens is 827 g/mol. The first-order valence-corrected chi connectivity index (χ1v) is 30.1. The summed E-state index contributed by atoms with van der Waals surface area (Å²) < 4.78 is 5.47. The van der Waals surface area contributed by atoms with Crippen molar-refractivity contribution < 1.29 is 24.5 Å². The van der Waals surface area contributed by atoms with E-state index in [0.717, 1.165) is 57.8 Å². The summed E-state index contributed by atoms with van der Waals surface area (Å²) in [5.41, 5.74) is 0. The van der Waals surface area contributed by atoms with Crippen molar-refractivity contribution in [1.29, 1.82) is 0 Å². The quantitative estimate of drug-likeness (QED) is 0.0321. The van der Waals surface area contributed by atoms with Gasteiger partial charge < -0.3 is 20.3 Å². The van der Waals surface area contributed by atoms with E-state index < -0.39 is 12.1 Å². The minimum Gasteiger partial charge on any atom is -0.466 e. The van der Waals surface area contributed by atoms with Gasteiger partial charge in [0.05, 0.1) is 25.4 Å². The summed E-state index contributed by atoms with van der Waals surface area (Å²) in [5.74, 6) is -0.0538. The van der Waals surface area contributed by atoms with Gasteiger partial charge in [0.15, 0.2) is 0 Å². The Labute approximate surface area is 418 Å². The highest BCUT2D eigenvalue weighted by Gasteiger charge is 2.20. The summed E-state index contributed by atoms with van der Waals surface area (Å²) in [7, 11) is 0. The number of unbranched alkanes of at least 4 members (excludes halogenated alkanes) is 41. The molecule has 0 saturated heterocycles. The maximum atomic E-state index is 12.5. The topological polar surface area (TPSA) is 95.9 Å². The molecule has 67 heavy (non-hydrogen) atoms. The number of ether oxygens (including phenoxy) is 1. The van der Waals surface area contributed by atoms with Crippen LogP contribution in [-0.4, -0.2) is 47.4 Å². The van der Waals surface area contributed by atoms with E-state index in [4.69, 9.17) is 4.74 Å². The molecule has 0 fully saturated rings. The third kappa shape index (κ3) is 53.5. The third-order valence-electron chi connectivity index (χ3n) is 14.0. The van der Waals surface area contributed by atoms with Crippen molar-refractivity contribution in [3.63, 3.8) is 0 Å². The third-order valence-corrected chi connectivity index (χ3v) is 14.0. The Morgan fingerprint density at radius 2 is 0.701 bits per heavy atom. The molecule has 0 radical (unpaired) electrons. The summed E-state index contributed by atoms with van der Waals surface area (Å²) in [6.07, 6.45) is 68.8. The van der Waals surface area contributed by atoms with Crippen LogP contribution in [0.5, 0.6) is 0 Å². The lowest BCUT2D eigenvalue weighted by Gasteiger charge is -2.22. The van der Waals surface area contributed by atoms with E-state index in [2.05, 4.69) is 43.5 Å². The van der Waals surface area contributed by atoms with Crippen molar-refractivity contribution in [1.82, 2.24) is 5.32 Å². The van der Waals surface area contributed by atoms with Crippen molar-refractivity contribution in [2.45, 2.75) is 341 Å². The Kier molecular flexibility index (Phi) is 55.5. The molecule has 0 heterocycles. The molecule has 0 aromatic heterocycles. The van der Waals surface area contributed by atoms with Crippen LogP contribution in [0.15, 0.2) is 24.3 Å². The van der Waals surface area contributed by atoms with Gasteiger partial charge in [-0.3, -0.25) is 9.59 Å². The van der Waals surface area contributed by atoms with Crippen LogP contribution in [0.4, 0.5) is 0 Å². The fraction of sp³-hybridized carbons (Fsp3) is 0.902. The summed E-state index contributed by atoms with van der Waals surface area (Å²) in [6, 6.07) is -0.551. The number of hydrogen-bond acceptors (Lipinski definition) is 5. The lowest BCUT2D eigenvalue weighted by atomic mass is 10.0. The highest BCUT2D eigenvalue weighted by Crippen LogP contribution is 2.17. The number of amides is 1. The largest absolute Gasteiger partial charge is 0.466 e. The zero-order valence-corrected chi connectivity index (χ0v) is 45.1. The molecular formula is C61H117NO5. The molecule has 0 aliphatic heterocycles. The van der Waals surface area contributed by atoms with Crippen molar-refractivity contribution >= 4 is 11.9 Å². The van der Waals surface area contributed by atoms with Crippen LogP contribution in [-0.2, 0) is 14.3 Å². The highest BCUT2D eigenvalue weighted by atomic mass is 16.5. The molecule has 0 saturated carbocycles. The van der Waals surface area contributed by atoms with Crippen molar-refractivity contribution in [3.05, 3.63) is 24.3 Å². The van der Waals surface area contributed by atoms with Crippen LogP contribution >= 0.6 is 0 Å². The predicted octanol–water partition coefficient (Wildman–Crippen LogP) is 18.6. The molecule has 0 aromatic rings. The van der Waals surface area contributed by atoms with Gasteiger partial charge in [0.2, 0.25) is 5.91 Å². The average Bonchev–Trinajstić information content (AvgIpc) is 3.33. The maximum Gasteiger partial charge on any atom is 0.305 e. The fourth-order valence-corrected chi connectivity index (χ4v) is 9.34. The Morgan fingerprint density at radius 3 is 1.06 bits per heavy atom. The van der Waals surface area contributed by atoms with Crippen molar-refractivity contribution in [2.75, 3.05) is 13.2 Å². The number of rotatable bonds is 56. The van der Waals surface area contributed by atoms with Crippen LogP contribution in [0.1, 0.15) is 328 Å². The smallest absolute Gasteiger partial charge is 0.305 e. The van der Waals surface area contributed by atoms with Gasteiger partial charge in [0.1, 0.15) is 0 Å². The first kappa shape index (κ1) is 65.3. The zero-order chi connectivity index (χ0) is 48.6. The molecule has 6 heteroatoms. The van der Waals surface area contributed by atoms with Gasteiger partial charge in [-0.25, -0.2) is 0 Å². The van der Waals surface area contributed by atoms with Crippen LogP contribution in [0.25, 0.3) is 0 Å². The first-order valence-electron chi connectivity index (χ1n) is 30.1. The monoisotopic (exact) mass is 944 g/mol. The van der Waals surface area contributed by atoms with Gasteiger partial charge >= 0.3 is 5.97 Å². The lowest BCUT2D eigenvalue weighted by molar-refractivity contribution is -0.143. The number of aliphatic hydroxyl groups is 2. The summed E-state index contributed by atoms with van der Waals surface area (Å²) in [6.45, 7) is 4.94. The van der Waals surface area contributed by atoms with E-state index in [1.54, 1.807) is 0 Å². The SMILES string of the molecule is CCCCCCCCC/C=C\CCCCCCCC(=O)OCCCCCCCC/C=C\CCCCCCCCCC(=O)NC(CO)C(O)CCCCCCCCCCCCCCCCCCC. The van der Waals surface area contributed by atoms with Crippen LogP contribution in [0.2, 0.25) is 0 Å². The molecule has 0 bridgehead atoms. The molecule has 6 nitrogen and oxygen atoms in total. The molecule has 1 amide bonds. The number of aliphatic hydroxyl groups excluding tert-OH is 2. The van der Waals surface area contributed by atoms with Gasteiger partial charge in [-0.05, 0) is 77.0 Å². The fourth-order valence-electron chi connectivity index (χ4n) is 9.34. The van der Waals surface area contributed by atoms with Gasteiger partial charge in [-0.2, -0.15) is 0 Å². The van der Waals surface area contributed by atoms with Gasteiger partial charge in [0, 0.05) is 12.8 Å². The van der Waals surface area contributed by atoms with Gasteiger partial charge in [-0.15, -0.1) is 0 Å². The Hall–Kier alpha value is -1.66. The van der Waals surface area contributed by atoms with E-state index in [1.807, 2.05) is 0 Å². The minimum absolute atomic E-state index is 0.00871. The van der Waals surface area contributed by atoms with E-state index in [-0.39, 0.29) is 18.5 Å². The molecule has 0 aromatic carbocycles. The number of carbonyl (C=O) groups is 2. The van der Waals surface area contributed by atoms with Crippen LogP contribution in [0, 0.1) is 0 Å². The second kappa shape index (κ2) is 56.9. The van der Waals surface area contributed by atoms with Gasteiger partial charge in [-0.1, -0.05) is 263 Å². The molecule has 2 unspecified atom stereocenters. The molecule has 0 spiro atoms. The molecule has 0 rings (SSSR count). The highest BCUT2D eigenvalue weighted by molar-refractivity contribution is 5.76. The molecule has 0 aliphatic carbocycles. The predicted molar refractivity (Wildman–Crippen MR) is 292 cm³/mol. The Bertz CT molecular complexity index is 1040. The number of allylic oxidation sites excluding steroid dienone is 4. The van der Waals surface area contributed by atoms with Crippen LogP contribution in [0.3, 0.4) is 0 Å². The summed E-state index contributed by atoms with van der Waals surface area (Å²) >= 11 is 0. The van der Waals surface area contributed by atoms with Gasteiger partial charge in [0.25, 0.3) is 0 Å². The lowest BCUT2D eigenvalue weighted by Crippen LogP contribution is -2.45. The summed E-state index contributed by atoms with van der Waals surface area (Å²) in [5, 5.41) is 23.3. The molecule has 0 aliphatic rings. The second-order valence-electron chi connectivity index (χ2n) is 20.7. The Balaban J connectivity index is 3.45. The second-order valence-corrected chi connectivity index (χ2v) is 20.7. The van der Waals surface area contributed by atoms with Crippen LogP contribution < -0.4 is 5.32 Å². The first-order chi connectivity index (χ1) is 33.0. The van der Waals surface area contributed by atoms with E-state index in [9.17, 15) is 19.8 Å². The van der Waals surface area contributed by atoms with Crippen molar-refractivity contribution in [3.8, 4) is 0 Å². The average molecular weight is 945 g/mol. The standard InChI is InChI=1S/C61H117NO5/c1-3-5-7-9-11-13-15-17-19-22-25-29-33-37-41-45-49-53-59(64)58(57-63)62-60(65)54-50-46-42-38-34-30-26-23-21-24-28-32-36-40-44-48-52-56-67-61(66)55-51-47-43-39-35-31-27-20-18-16-14-12-10-8-6-4-2/h20-21,24,27,58-59,63-64H,3-19,22-23,25-26,28-57H2,1-2H3,(H,62,65)/b24-21-,27-20-. The Morgan fingerprint density at radius 1 is 0.403 bits per heavy atom. The number of esters is 1. The van der Waals surface area contributed by atoms with Crippen molar-refractivity contribution in [2.24, 2.45) is 0 Å². The normalized spacial score (nSPS) is 12.7. The van der Waals surface area contributed by atoms with E-state index >= 15 is 0 Å². The number of nitrogens with one attached hydrogen (secondary N) is 1. The molecule has 396 valence electrons. The molecule has 2 atom stereocenters. The minimum atomic E-state index is -0.672. The summed E-state index contributed by atoms with van der Waals surface area (Å²) in [4.78, 5) is 24.5. The zero-order valence-electron chi connectivity index (χ0n) is 45.1. The van der Waals surface area contributed by atoms with E-state index in [1.165, 1.54) is 238 Å².